The third-order valence-corrected chi connectivity index (χ3v) is 3.95. The van der Waals surface area contributed by atoms with Crippen LogP contribution in [0.4, 0.5) is 0 Å². The SMILES string of the molecule is NC(=O)CCC(N)C(=O)NC(Cc1ccccc1)C(=O)NC(CC(=O)O)C(=O)O. The second-order valence-corrected chi connectivity index (χ2v) is 6.36. The largest absolute Gasteiger partial charge is 0.481 e. The van der Waals surface area contributed by atoms with Crippen LogP contribution in [-0.4, -0.2) is 58.0 Å². The lowest BCUT2D eigenvalue weighted by atomic mass is 10.0. The summed E-state index contributed by atoms with van der Waals surface area (Å²) in [5, 5.41) is 22.4. The molecule has 3 atom stereocenters. The summed E-state index contributed by atoms with van der Waals surface area (Å²) in [6, 6.07) is 4.60. The number of carbonyl (C=O) groups is 5. The van der Waals surface area contributed by atoms with Gasteiger partial charge >= 0.3 is 11.9 Å². The van der Waals surface area contributed by atoms with Gasteiger partial charge in [0.1, 0.15) is 12.1 Å². The fourth-order valence-electron chi connectivity index (χ4n) is 2.41. The zero-order valence-electron chi connectivity index (χ0n) is 15.5. The number of carboxylic acids is 2. The molecule has 1 rings (SSSR count). The number of rotatable bonds is 12. The Kier molecular flexibility index (Phi) is 9.26. The van der Waals surface area contributed by atoms with Crippen LogP contribution in [0.2, 0.25) is 0 Å². The van der Waals surface area contributed by atoms with Crippen LogP contribution in [0.5, 0.6) is 0 Å². The van der Waals surface area contributed by atoms with E-state index in [1.165, 1.54) is 0 Å². The minimum Gasteiger partial charge on any atom is -0.481 e. The van der Waals surface area contributed by atoms with Crippen molar-refractivity contribution in [3.8, 4) is 0 Å². The molecule has 0 aliphatic heterocycles. The van der Waals surface area contributed by atoms with Crippen molar-refractivity contribution in [2.24, 2.45) is 11.5 Å². The predicted molar refractivity (Wildman–Crippen MR) is 100 cm³/mol. The Balaban J connectivity index is 2.93. The molecule has 0 fully saturated rings. The van der Waals surface area contributed by atoms with Crippen molar-refractivity contribution in [2.75, 3.05) is 0 Å². The van der Waals surface area contributed by atoms with Gasteiger partial charge in [0, 0.05) is 12.8 Å². The average molecular weight is 408 g/mol. The molecule has 1 aromatic carbocycles. The summed E-state index contributed by atoms with van der Waals surface area (Å²) in [6.45, 7) is 0. The Labute approximate surface area is 166 Å². The molecule has 0 spiro atoms. The van der Waals surface area contributed by atoms with Crippen molar-refractivity contribution in [1.29, 1.82) is 0 Å². The fraction of sp³-hybridized carbons (Fsp3) is 0.389. The molecule has 0 radical (unpaired) electrons. The predicted octanol–water partition coefficient (Wildman–Crippen LogP) is -1.65. The van der Waals surface area contributed by atoms with E-state index in [1.807, 2.05) is 0 Å². The zero-order chi connectivity index (χ0) is 22.0. The molecule has 0 saturated carbocycles. The molecule has 8 N–H and O–H groups in total. The smallest absolute Gasteiger partial charge is 0.326 e. The maximum absolute atomic E-state index is 12.6. The summed E-state index contributed by atoms with van der Waals surface area (Å²) >= 11 is 0. The Morgan fingerprint density at radius 1 is 0.931 bits per heavy atom. The van der Waals surface area contributed by atoms with E-state index >= 15 is 0 Å². The van der Waals surface area contributed by atoms with Gasteiger partial charge in [0.2, 0.25) is 17.7 Å². The van der Waals surface area contributed by atoms with E-state index in [-0.39, 0.29) is 19.3 Å². The molecule has 11 nitrogen and oxygen atoms in total. The van der Waals surface area contributed by atoms with Gasteiger partial charge in [-0.3, -0.25) is 19.2 Å². The highest BCUT2D eigenvalue weighted by Crippen LogP contribution is 2.06. The Hall–Kier alpha value is -3.47. The number of primary amides is 1. The van der Waals surface area contributed by atoms with Crippen LogP contribution in [0.3, 0.4) is 0 Å². The number of carbonyl (C=O) groups excluding carboxylic acids is 3. The number of hydrogen-bond acceptors (Lipinski definition) is 6. The molecule has 0 aromatic heterocycles. The molecular weight excluding hydrogens is 384 g/mol. The summed E-state index contributed by atoms with van der Waals surface area (Å²) in [7, 11) is 0. The van der Waals surface area contributed by atoms with E-state index in [9.17, 15) is 24.0 Å². The van der Waals surface area contributed by atoms with Crippen molar-refractivity contribution in [2.45, 2.75) is 43.8 Å². The van der Waals surface area contributed by atoms with E-state index < -0.39 is 54.2 Å². The summed E-state index contributed by atoms with van der Waals surface area (Å²) < 4.78 is 0. The maximum atomic E-state index is 12.6. The lowest BCUT2D eigenvalue weighted by molar-refractivity contribution is -0.147. The Bertz CT molecular complexity index is 754. The van der Waals surface area contributed by atoms with E-state index in [2.05, 4.69) is 10.6 Å². The lowest BCUT2D eigenvalue weighted by Gasteiger charge is -2.22. The average Bonchev–Trinajstić information content (AvgIpc) is 2.65. The number of hydrogen-bond donors (Lipinski definition) is 6. The summed E-state index contributed by atoms with van der Waals surface area (Å²) in [6.07, 6.45) is -0.965. The van der Waals surface area contributed by atoms with Crippen LogP contribution in [0.25, 0.3) is 0 Å². The van der Waals surface area contributed by atoms with Crippen molar-refractivity contribution in [3.63, 3.8) is 0 Å². The number of aliphatic carboxylic acids is 2. The summed E-state index contributed by atoms with van der Waals surface area (Å²) in [5.41, 5.74) is 11.4. The van der Waals surface area contributed by atoms with Crippen LogP contribution in [0.1, 0.15) is 24.8 Å². The second kappa shape index (κ2) is 11.4. The molecule has 0 aliphatic carbocycles. The third kappa shape index (κ3) is 8.84. The standard InChI is InChI=1S/C18H24N4O7/c19-11(6-7-14(20)23)16(26)21-12(8-10-4-2-1-3-5-10)17(27)22-13(18(28)29)9-15(24)25/h1-5,11-13H,6-9,19H2,(H2,20,23)(H,21,26)(H,22,27)(H,24,25)(H,28,29). The van der Waals surface area contributed by atoms with Crippen molar-refractivity contribution >= 4 is 29.7 Å². The Morgan fingerprint density at radius 2 is 1.52 bits per heavy atom. The fourth-order valence-corrected chi connectivity index (χ4v) is 2.41. The van der Waals surface area contributed by atoms with Gasteiger partial charge in [0.25, 0.3) is 0 Å². The highest BCUT2D eigenvalue weighted by atomic mass is 16.4. The molecular formula is C18H24N4O7. The molecule has 0 saturated heterocycles. The van der Waals surface area contributed by atoms with Gasteiger partial charge in [-0.15, -0.1) is 0 Å². The number of nitrogens with one attached hydrogen (secondary N) is 2. The van der Waals surface area contributed by atoms with Gasteiger partial charge in [-0.2, -0.15) is 0 Å². The summed E-state index contributed by atoms with van der Waals surface area (Å²) in [5.74, 6) is -5.17. The number of carboxylic acid groups (broad SMARTS) is 2. The molecule has 0 bridgehead atoms. The van der Waals surface area contributed by atoms with E-state index in [0.717, 1.165) is 0 Å². The minimum absolute atomic E-state index is 0.0142. The highest BCUT2D eigenvalue weighted by molar-refractivity contribution is 5.93. The summed E-state index contributed by atoms with van der Waals surface area (Å²) in [4.78, 5) is 57.7. The molecule has 3 amide bonds. The maximum Gasteiger partial charge on any atom is 0.326 e. The quantitative estimate of drug-likeness (QED) is 0.236. The Morgan fingerprint density at radius 3 is 2.03 bits per heavy atom. The normalized spacial score (nSPS) is 13.6. The molecule has 11 heteroatoms. The van der Waals surface area contributed by atoms with Crippen LogP contribution in [0.15, 0.2) is 30.3 Å². The molecule has 1 aromatic rings. The number of amides is 3. The van der Waals surface area contributed by atoms with Crippen LogP contribution in [0, 0.1) is 0 Å². The van der Waals surface area contributed by atoms with E-state index in [0.29, 0.717) is 5.56 Å². The number of nitrogens with two attached hydrogens (primary N) is 2. The van der Waals surface area contributed by atoms with Gasteiger partial charge in [-0.05, 0) is 12.0 Å². The molecule has 0 heterocycles. The lowest BCUT2D eigenvalue weighted by Crippen LogP contribution is -2.55. The number of benzene rings is 1. The van der Waals surface area contributed by atoms with Crippen LogP contribution >= 0.6 is 0 Å². The molecule has 3 unspecified atom stereocenters. The van der Waals surface area contributed by atoms with Gasteiger partial charge in [0.05, 0.1) is 12.5 Å². The molecule has 0 aliphatic rings. The van der Waals surface area contributed by atoms with Gasteiger partial charge in [-0.1, -0.05) is 30.3 Å². The second-order valence-electron chi connectivity index (χ2n) is 6.36. The minimum atomic E-state index is -1.67. The first-order valence-electron chi connectivity index (χ1n) is 8.73. The van der Waals surface area contributed by atoms with Crippen molar-refractivity contribution in [3.05, 3.63) is 35.9 Å². The monoisotopic (exact) mass is 408 g/mol. The third-order valence-electron chi connectivity index (χ3n) is 3.95. The zero-order valence-corrected chi connectivity index (χ0v) is 15.5. The topological polar surface area (TPSA) is 202 Å². The first-order valence-corrected chi connectivity index (χ1v) is 8.73. The molecule has 158 valence electrons. The van der Waals surface area contributed by atoms with Crippen molar-refractivity contribution in [1.82, 2.24) is 10.6 Å². The van der Waals surface area contributed by atoms with Crippen LogP contribution < -0.4 is 22.1 Å². The van der Waals surface area contributed by atoms with Gasteiger partial charge in [-0.25, -0.2) is 4.79 Å². The van der Waals surface area contributed by atoms with E-state index in [4.69, 9.17) is 21.7 Å². The van der Waals surface area contributed by atoms with Crippen molar-refractivity contribution < 1.29 is 34.2 Å². The van der Waals surface area contributed by atoms with Gasteiger partial charge < -0.3 is 32.3 Å². The van der Waals surface area contributed by atoms with Crippen LogP contribution in [-0.2, 0) is 30.4 Å². The van der Waals surface area contributed by atoms with E-state index in [1.54, 1.807) is 30.3 Å². The first kappa shape index (κ1) is 23.6. The highest BCUT2D eigenvalue weighted by Gasteiger charge is 2.29. The molecule has 29 heavy (non-hydrogen) atoms. The van der Waals surface area contributed by atoms with Gasteiger partial charge in [0.15, 0.2) is 0 Å². The first-order chi connectivity index (χ1) is 13.6.